The van der Waals surface area contributed by atoms with Gasteiger partial charge in [0.1, 0.15) is 12.4 Å². The second kappa shape index (κ2) is 10.8. The summed E-state index contributed by atoms with van der Waals surface area (Å²) in [5, 5.41) is 3.50. The van der Waals surface area contributed by atoms with E-state index < -0.39 is 6.10 Å². The molecule has 1 atom stereocenters. The van der Waals surface area contributed by atoms with E-state index in [4.69, 9.17) is 14.2 Å². The maximum atomic E-state index is 12.1. The molecular formula is C28H29NO4. The zero-order valence-corrected chi connectivity index (χ0v) is 19.0. The molecule has 5 nitrogen and oxygen atoms in total. The summed E-state index contributed by atoms with van der Waals surface area (Å²) in [4.78, 5) is 12.1. The fourth-order valence-corrected chi connectivity index (χ4v) is 3.97. The van der Waals surface area contributed by atoms with Gasteiger partial charge in [-0.25, -0.2) is 4.79 Å². The van der Waals surface area contributed by atoms with Crippen LogP contribution in [0.2, 0.25) is 0 Å². The van der Waals surface area contributed by atoms with E-state index in [-0.39, 0.29) is 5.97 Å². The Labute approximate surface area is 195 Å². The number of ether oxygens (including phenoxy) is 3. The van der Waals surface area contributed by atoms with Crippen LogP contribution in [0.3, 0.4) is 0 Å². The van der Waals surface area contributed by atoms with Crippen LogP contribution in [0.1, 0.15) is 30.5 Å². The van der Waals surface area contributed by atoms with Gasteiger partial charge < -0.3 is 19.5 Å². The lowest BCUT2D eigenvalue weighted by atomic mass is 9.91. The molecule has 0 bridgehead atoms. The Kier molecular flexibility index (Phi) is 7.43. The van der Waals surface area contributed by atoms with Crippen molar-refractivity contribution < 1.29 is 19.0 Å². The summed E-state index contributed by atoms with van der Waals surface area (Å²) < 4.78 is 16.7. The highest BCUT2D eigenvalue weighted by atomic mass is 16.6. The lowest BCUT2D eigenvalue weighted by Crippen LogP contribution is -2.28. The zero-order valence-electron chi connectivity index (χ0n) is 19.0. The van der Waals surface area contributed by atoms with Crippen LogP contribution in [-0.2, 0) is 20.7 Å². The smallest absolute Gasteiger partial charge is 0.335 e. The second-order valence-corrected chi connectivity index (χ2v) is 7.69. The molecule has 1 unspecified atom stereocenters. The first-order chi connectivity index (χ1) is 16.2. The topological polar surface area (TPSA) is 56.8 Å². The van der Waals surface area contributed by atoms with Crippen molar-refractivity contribution in [1.29, 1.82) is 0 Å². The van der Waals surface area contributed by atoms with Gasteiger partial charge in [0, 0.05) is 35.5 Å². The molecule has 0 spiro atoms. The van der Waals surface area contributed by atoms with E-state index >= 15 is 0 Å². The maximum Gasteiger partial charge on any atom is 0.335 e. The highest BCUT2D eigenvalue weighted by Crippen LogP contribution is 2.40. The summed E-state index contributed by atoms with van der Waals surface area (Å²) in [5.41, 5.74) is 6.67. The predicted octanol–water partition coefficient (Wildman–Crippen LogP) is 5.77. The Bertz CT molecular complexity index is 1070. The molecule has 170 valence electrons. The van der Waals surface area contributed by atoms with Crippen molar-refractivity contribution in [3.05, 3.63) is 95.6 Å². The largest absolute Gasteiger partial charge is 0.490 e. The first kappa shape index (κ1) is 22.6. The van der Waals surface area contributed by atoms with Crippen LogP contribution in [0.25, 0.3) is 5.57 Å². The highest BCUT2D eigenvalue weighted by Gasteiger charge is 2.21. The molecule has 0 aliphatic carbocycles. The van der Waals surface area contributed by atoms with E-state index in [1.54, 1.807) is 6.92 Å². The average molecular weight is 444 g/mol. The average Bonchev–Trinajstić information content (AvgIpc) is 2.84. The zero-order chi connectivity index (χ0) is 23.0. The number of esters is 1. The Morgan fingerprint density at radius 1 is 0.879 bits per heavy atom. The van der Waals surface area contributed by atoms with Crippen LogP contribution in [0.5, 0.6) is 5.75 Å². The quantitative estimate of drug-likeness (QED) is 0.333. The number of anilines is 2. The molecule has 3 aromatic carbocycles. The van der Waals surface area contributed by atoms with E-state index in [1.165, 1.54) is 0 Å². The Morgan fingerprint density at radius 3 is 2.12 bits per heavy atom. The third kappa shape index (κ3) is 5.44. The van der Waals surface area contributed by atoms with Gasteiger partial charge in [0.25, 0.3) is 0 Å². The fourth-order valence-electron chi connectivity index (χ4n) is 3.97. The molecule has 0 radical (unpaired) electrons. The number of fused-ring (bicyclic) bond motifs is 2. The fraction of sp³-hybridized carbons (Fsp3) is 0.250. The summed E-state index contributed by atoms with van der Waals surface area (Å²) in [6.07, 6.45) is 2.00. The number of carbonyl (C=O) groups is 1. The van der Waals surface area contributed by atoms with Gasteiger partial charge in [0.15, 0.2) is 6.10 Å². The van der Waals surface area contributed by atoms with Gasteiger partial charge in [-0.05, 0) is 55.3 Å². The van der Waals surface area contributed by atoms with Crippen molar-refractivity contribution in [3.8, 4) is 5.75 Å². The normalized spacial score (nSPS) is 12.7. The van der Waals surface area contributed by atoms with E-state index in [1.807, 2.05) is 55.5 Å². The molecule has 0 amide bonds. The molecule has 0 fully saturated rings. The molecule has 3 aromatic rings. The minimum absolute atomic E-state index is 0.325. The number of para-hydroxylation sites is 2. The van der Waals surface area contributed by atoms with Crippen LogP contribution >= 0.6 is 0 Å². The SMILES string of the molecule is CCOC(=O)C(Cc1ccc(OCC=C2c3ccccc3Nc3ccccc32)cc1)OCC. The Balaban J connectivity index is 1.44. The first-order valence-corrected chi connectivity index (χ1v) is 11.4. The molecule has 0 saturated heterocycles. The number of rotatable bonds is 9. The van der Waals surface area contributed by atoms with E-state index in [9.17, 15) is 4.79 Å². The van der Waals surface area contributed by atoms with Crippen molar-refractivity contribution in [2.75, 3.05) is 25.1 Å². The van der Waals surface area contributed by atoms with Gasteiger partial charge >= 0.3 is 5.97 Å². The number of hydrogen-bond donors (Lipinski definition) is 1. The van der Waals surface area contributed by atoms with Gasteiger partial charge in [-0.15, -0.1) is 0 Å². The van der Waals surface area contributed by atoms with Gasteiger partial charge in [-0.2, -0.15) is 0 Å². The van der Waals surface area contributed by atoms with Gasteiger partial charge in [-0.3, -0.25) is 0 Å². The van der Waals surface area contributed by atoms with E-state index in [2.05, 4.69) is 35.7 Å². The van der Waals surface area contributed by atoms with Crippen LogP contribution in [0.15, 0.2) is 78.9 Å². The predicted molar refractivity (Wildman–Crippen MR) is 131 cm³/mol. The van der Waals surface area contributed by atoms with Gasteiger partial charge in [0.05, 0.1) is 6.61 Å². The summed E-state index contributed by atoms with van der Waals surface area (Å²) in [6.45, 7) is 4.92. The minimum atomic E-state index is -0.591. The van der Waals surface area contributed by atoms with Crippen molar-refractivity contribution in [2.45, 2.75) is 26.4 Å². The molecule has 0 aromatic heterocycles. The molecule has 5 heteroatoms. The molecule has 4 rings (SSSR count). The van der Waals surface area contributed by atoms with Gasteiger partial charge in [0.2, 0.25) is 0 Å². The molecule has 1 aliphatic rings. The standard InChI is InChI=1S/C28H29NO4/c1-3-31-27(28(30)32-4-2)19-20-13-15-21(16-14-20)33-18-17-22-23-9-5-7-11-25(23)29-26-12-8-6-10-24(22)26/h5-17,27,29H,3-4,18-19H2,1-2H3. The lowest BCUT2D eigenvalue weighted by molar-refractivity contribution is -0.156. The lowest BCUT2D eigenvalue weighted by Gasteiger charge is -2.24. The molecular weight excluding hydrogens is 414 g/mol. The van der Waals surface area contributed by atoms with Crippen LogP contribution < -0.4 is 10.1 Å². The molecule has 1 N–H and O–H groups in total. The number of nitrogens with one attached hydrogen (secondary N) is 1. The third-order valence-corrected chi connectivity index (χ3v) is 5.50. The summed E-state index contributed by atoms with van der Waals surface area (Å²) in [5.74, 6) is 0.448. The molecule has 0 saturated carbocycles. The van der Waals surface area contributed by atoms with Crippen molar-refractivity contribution in [2.24, 2.45) is 0 Å². The van der Waals surface area contributed by atoms with Crippen molar-refractivity contribution in [1.82, 2.24) is 0 Å². The van der Waals surface area contributed by atoms with E-state index in [0.29, 0.717) is 26.2 Å². The summed E-state index contributed by atoms with van der Waals surface area (Å²) in [6, 6.07) is 24.4. The number of carbonyl (C=O) groups excluding carboxylic acids is 1. The van der Waals surface area contributed by atoms with Crippen LogP contribution in [-0.4, -0.2) is 31.9 Å². The second-order valence-electron chi connectivity index (χ2n) is 7.69. The minimum Gasteiger partial charge on any atom is -0.490 e. The van der Waals surface area contributed by atoms with Crippen molar-refractivity contribution in [3.63, 3.8) is 0 Å². The summed E-state index contributed by atoms with van der Waals surface area (Å²) in [7, 11) is 0. The molecule has 1 aliphatic heterocycles. The third-order valence-electron chi connectivity index (χ3n) is 5.50. The highest BCUT2D eigenvalue weighted by molar-refractivity contribution is 5.96. The summed E-state index contributed by atoms with van der Waals surface area (Å²) >= 11 is 0. The first-order valence-electron chi connectivity index (χ1n) is 11.4. The van der Waals surface area contributed by atoms with Crippen molar-refractivity contribution >= 4 is 22.9 Å². The van der Waals surface area contributed by atoms with E-state index in [0.717, 1.165) is 39.4 Å². The van der Waals surface area contributed by atoms with Crippen LogP contribution in [0, 0.1) is 0 Å². The molecule has 1 heterocycles. The maximum absolute atomic E-state index is 12.1. The monoisotopic (exact) mass is 443 g/mol. The Hall–Kier alpha value is -3.57. The number of benzene rings is 3. The molecule has 33 heavy (non-hydrogen) atoms. The van der Waals surface area contributed by atoms with Crippen LogP contribution in [0.4, 0.5) is 11.4 Å². The Morgan fingerprint density at radius 2 is 1.52 bits per heavy atom. The number of hydrogen-bond acceptors (Lipinski definition) is 5. The van der Waals surface area contributed by atoms with Gasteiger partial charge in [-0.1, -0.05) is 48.5 Å².